The number of rotatable bonds is 4. The van der Waals surface area contributed by atoms with Crippen LogP contribution < -0.4 is 5.32 Å². The van der Waals surface area contributed by atoms with Gasteiger partial charge in [0.2, 0.25) is 0 Å². The van der Waals surface area contributed by atoms with Gasteiger partial charge >= 0.3 is 0 Å². The lowest BCUT2D eigenvalue weighted by Crippen LogP contribution is -2.45. The Bertz CT molecular complexity index is 491. The predicted molar refractivity (Wildman–Crippen MR) is 83.8 cm³/mol. The van der Waals surface area contributed by atoms with Crippen molar-refractivity contribution >= 4 is 5.69 Å². The van der Waals surface area contributed by atoms with E-state index in [4.69, 9.17) is 4.74 Å². The van der Waals surface area contributed by atoms with Gasteiger partial charge in [-0.05, 0) is 53.7 Å². The second kappa shape index (κ2) is 4.77. The average Bonchev–Trinajstić information content (AvgIpc) is 2.87. The third kappa shape index (κ3) is 2.14. The molecule has 0 radical (unpaired) electrons. The molecule has 2 heteroatoms. The topological polar surface area (TPSA) is 21.3 Å². The summed E-state index contributed by atoms with van der Waals surface area (Å²) in [6.45, 7) is 8.04. The van der Waals surface area contributed by atoms with Crippen LogP contribution in [0.4, 0.5) is 5.69 Å². The molecule has 2 nitrogen and oxygen atoms in total. The molecule has 0 spiro atoms. The van der Waals surface area contributed by atoms with Crippen molar-refractivity contribution in [1.82, 2.24) is 0 Å². The second-order valence-electron chi connectivity index (χ2n) is 7.63. The van der Waals surface area contributed by atoms with E-state index < -0.39 is 0 Å². The molecule has 2 saturated carbocycles. The third-order valence-corrected chi connectivity index (χ3v) is 5.82. The Morgan fingerprint density at radius 2 is 2.10 bits per heavy atom. The van der Waals surface area contributed by atoms with Gasteiger partial charge in [-0.15, -0.1) is 0 Å². The molecule has 3 unspecified atom stereocenters. The molecular formula is C18H27NO. The van der Waals surface area contributed by atoms with Crippen molar-refractivity contribution in [2.24, 2.45) is 16.7 Å². The van der Waals surface area contributed by atoms with Gasteiger partial charge in [-0.25, -0.2) is 0 Å². The van der Waals surface area contributed by atoms with Crippen molar-refractivity contribution in [3.05, 3.63) is 29.8 Å². The molecule has 2 fully saturated rings. The molecule has 20 heavy (non-hydrogen) atoms. The summed E-state index contributed by atoms with van der Waals surface area (Å²) in [6, 6.07) is 9.24. The monoisotopic (exact) mass is 273 g/mol. The average molecular weight is 273 g/mol. The maximum atomic E-state index is 5.24. The third-order valence-electron chi connectivity index (χ3n) is 5.82. The Hall–Kier alpha value is -1.02. The first-order valence-corrected chi connectivity index (χ1v) is 7.80. The molecule has 1 aromatic rings. The molecule has 3 atom stereocenters. The van der Waals surface area contributed by atoms with Crippen LogP contribution in [-0.4, -0.2) is 13.2 Å². The van der Waals surface area contributed by atoms with Crippen LogP contribution in [0.25, 0.3) is 0 Å². The fourth-order valence-electron chi connectivity index (χ4n) is 4.75. The number of methoxy groups -OCH3 is 1. The molecule has 0 saturated heterocycles. The maximum Gasteiger partial charge on any atom is 0.0713 e. The van der Waals surface area contributed by atoms with E-state index in [9.17, 15) is 0 Å². The highest BCUT2D eigenvalue weighted by Gasteiger charge is 2.59. The predicted octanol–water partition coefficient (Wildman–Crippen LogP) is 4.46. The SMILES string of the molecule is COCc1cccc(NC2C3(C)CCC(C3)C2(C)C)c1. The molecule has 2 bridgehead atoms. The van der Waals surface area contributed by atoms with Crippen molar-refractivity contribution in [3.8, 4) is 0 Å². The van der Waals surface area contributed by atoms with E-state index >= 15 is 0 Å². The van der Waals surface area contributed by atoms with E-state index in [2.05, 4.69) is 50.4 Å². The Morgan fingerprint density at radius 1 is 1.30 bits per heavy atom. The summed E-state index contributed by atoms with van der Waals surface area (Å²) in [5.41, 5.74) is 3.34. The number of hydrogen-bond donors (Lipinski definition) is 1. The minimum absolute atomic E-state index is 0.393. The highest BCUT2D eigenvalue weighted by Crippen LogP contribution is 2.63. The quantitative estimate of drug-likeness (QED) is 0.874. The van der Waals surface area contributed by atoms with Gasteiger partial charge in [-0.1, -0.05) is 32.9 Å². The van der Waals surface area contributed by atoms with Gasteiger partial charge in [0.1, 0.15) is 0 Å². The van der Waals surface area contributed by atoms with E-state index in [1.165, 1.54) is 30.5 Å². The molecule has 0 heterocycles. The maximum absolute atomic E-state index is 5.24. The number of fused-ring (bicyclic) bond motifs is 2. The molecule has 0 aromatic heterocycles. The summed E-state index contributed by atoms with van der Waals surface area (Å²) in [5, 5.41) is 3.85. The van der Waals surface area contributed by atoms with Gasteiger partial charge in [0, 0.05) is 18.8 Å². The van der Waals surface area contributed by atoms with Gasteiger partial charge in [0.25, 0.3) is 0 Å². The summed E-state index contributed by atoms with van der Waals surface area (Å²) in [4.78, 5) is 0. The first-order chi connectivity index (χ1) is 9.45. The molecule has 1 N–H and O–H groups in total. The zero-order valence-electron chi connectivity index (χ0n) is 13.2. The van der Waals surface area contributed by atoms with E-state index in [0.717, 1.165) is 5.92 Å². The van der Waals surface area contributed by atoms with Gasteiger partial charge in [0.15, 0.2) is 0 Å². The van der Waals surface area contributed by atoms with Crippen molar-refractivity contribution in [2.75, 3.05) is 12.4 Å². The van der Waals surface area contributed by atoms with E-state index in [1.807, 2.05) is 0 Å². The molecule has 3 rings (SSSR count). The summed E-state index contributed by atoms with van der Waals surface area (Å²) in [7, 11) is 1.75. The number of benzene rings is 1. The van der Waals surface area contributed by atoms with E-state index in [1.54, 1.807) is 7.11 Å². The lowest BCUT2D eigenvalue weighted by Gasteiger charge is -2.43. The minimum Gasteiger partial charge on any atom is -0.381 e. The van der Waals surface area contributed by atoms with Crippen LogP contribution in [0.1, 0.15) is 45.6 Å². The molecule has 2 aliphatic rings. The van der Waals surface area contributed by atoms with Crippen LogP contribution in [0.2, 0.25) is 0 Å². The van der Waals surface area contributed by atoms with Crippen LogP contribution in [0.15, 0.2) is 24.3 Å². The second-order valence-corrected chi connectivity index (χ2v) is 7.63. The molecule has 1 aromatic carbocycles. The van der Waals surface area contributed by atoms with Crippen LogP contribution in [0, 0.1) is 16.7 Å². The lowest BCUT2D eigenvalue weighted by atomic mass is 9.68. The Morgan fingerprint density at radius 3 is 2.75 bits per heavy atom. The van der Waals surface area contributed by atoms with E-state index in [0.29, 0.717) is 23.5 Å². The number of hydrogen-bond acceptors (Lipinski definition) is 2. The summed E-state index contributed by atoms with van der Waals surface area (Å²) in [6.07, 6.45) is 4.16. The Labute approximate surface area is 122 Å². The lowest BCUT2D eigenvalue weighted by molar-refractivity contribution is 0.155. The number of nitrogens with one attached hydrogen (secondary N) is 1. The first kappa shape index (κ1) is 13.9. The minimum atomic E-state index is 0.393. The van der Waals surface area contributed by atoms with Crippen LogP contribution in [-0.2, 0) is 11.3 Å². The highest BCUT2D eigenvalue weighted by molar-refractivity contribution is 5.48. The van der Waals surface area contributed by atoms with Gasteiger partial charge in [-0.2, -0.15) is 0 Å². The zero-order chi connectivity index (χ0) is 14.4. The summed E-state index contributed by atoms with van der Waals surface area (Å²) in [5.74, 6) is 0.882. The fourth-order valence-corrected chi connectivity index (χ4v) is 4.75. The molecular weight excluding hydrogens is 246 g/mol. The van der Waals surface area contributed by atoms with Gasteiger partial charge in [0.05, 0.1) is 6.61 Å². The molecule has 0 aliphatic heterocycles. The standard InChI is InChI=1S/C18H27NO/c1-17(2)14-8-9-18(3,11-14)16(17)19-15-7-5-6-13(10-15)12-20-4/h5-7,10,14,16,19H,8-9,11-12H2,1-4H3. The number of ether oxygens (including phenoxy) is 1. The normalized spacial score (nSPS) is 34.4. The highest BCUT2D eigenvalue weighted by atomic mass is 16.5. The van der Waals surface area contributed by atoms with Crippen LogP contribution in [0.5, 0.6) is 0 Å². The van der Waals surface area contributed by atoms with Gasteiger partial charge in [-0.3, -0.25) is 0 Å². The largest absolute Gasteiger partial charge is 0.381 e. The number of anilines is 1. The smallest absolute Gasteiger partial charge is 0.0713 e. The Kier molecular flexibility index (Phi) is 3.32. The first-order valence-electron chi connectivity index (χ1n) is 7.80. The molecule has 110 valence electrons. The van der Waals surface area contributed by atoms with Crippen LogP contribution >= 0.6 is 0 Å². The van der Waals surface area contributed by atoms with Crippen molar-refractivity contribution in [1.29, 1.82) is 0 Å². The molecule has 0 amide bonds. The molecule has 2 aliphatic carbocycles. The summed E-state index contributed by atoms with van der Waals surface area (Å²) >= 11 is 0. The van der Waals surface area contributed by atoms with Crippen molar-refractivity contribution in [2.45, 2.75) is 52.7 Å². The fraction of sp³-hybridized carbons (Fsp3) is 0.667. The zero-order valence-corrected chi connectivity index (χ0v) is 13.2. The van der Waals surface area contributed by atoms with Gasteiger partial charge < -0.3 is 10.1 Å². The van der Waals surface area contributed by atoms with Crippen LogP contribution in [0.3, 0.4) is 0 Å². The van der Waals surface area contributed by atoms with Crippen molar-refractivity contribution in [3.63, 3.8) is 0 Å². The summed E-state index contributed by atoms with van der Waals surface area (Å²) < 4.78 is 5.24. The Balaban J connectivity index is 1.82. The van der Waals surface area contributed by atoms with Crippen molar-refractivity contribution < 1.29 is 4.74 Å². The van der Waals surface area contributed by atoms with E-state index in [-0.39, 0.29) is 0 Å².